The normalized spacial score (nSPS) is 13.3. The van der Waals surface area contributed by atoms with E-state index < -0.39 is 0 Å². The number of hydrogen-bond donors (Lipinski definition) is 2. The first-order chi connectivity index (χ1) is 12.2. The van der Waals surface area contributed by atoms with Crippen molar-refractivity contribution in [1.82, 2.24) is 10.6 Å². The first kappa shape index (κ1) is 17.3. The summed E-state index contributed by atoms with van der Waals surface area (Å²) in [6.45, 7) is 6.72. The van der Waals surface area contributed by atoms with E-state index in [1.54, 1.807) is 0 Å². The predicted molar refractivity (Wildman–Crippen MR) is 103 cm³/mol. The average molecular weight is 337 g/mol. The topological polar surface area (TPSA) is 45.7 Å². The van der Waals surface area contributed by atoms with Crippen LogP contribution in [0.4, 0.5) is 0 Å². The fourth-order valence-corrected chi connectivity index (χ4v) is 3.16. The van der Waals surface area contributed by atoms with Gasteiger partial charge in [0.2, 0.25) is 0 Å². The van der Waals surface area contributed by atoms with Gasteiger partial charge in [0.05, 0.1) is 6.61 Å². The van der Waals surface area contributed by atoms with Crippen molar-refractivity contribution in [2.24, 2.45) is 4.99 Å². The van der Waals surface area contributed by atoms with Crippen LogP contribution in [0.25, 0.3) is 0 Å². The molecule has 4 heteroatoms. The minimum atomic E-state index is 0.780. The number of guanidine groups is 1. The highest BCUT2D eigenvalue weighted by Crippen LogP contribution is 2.25. The molecule has 0 saturated heterocycles. The molecular formula is C21H27N3O. The molecule has 1 aliphatic rings. The summed E-state index contributed by atoms with van der Waals surface area (Å²) >= 11 is 0. The van der Waals surface area contributed by atoms with Crippen LogP contribution in [0.1, 0.15) is 27.8 Å². The number of aliphatic imine (C=N–C) groups is 1. The summed E-state index contributed by atoms with van der Waals surface area (Å²) < 4.78 is 5.56. The first-order valence-electron chi connectivity index (χ1n) is 8.91. The van der Waals surface area contributed by atoms with Crippen LogP contribution < -0.4 is 15.4 Å². The van der Waals surface area contributed by atoms with Crippen LogP contribution in [0.15, 0.2) is 41.4 Å². The Balaban J connectivity index is 1.48. The standard InChI is InChI=1S/C21H27N3O/c1-15-4-6-19(16(2)12-15)14-24-21(22-3)23-10-8-17-5-7-20-18(13-17)9-11-25-20/h4-7,12-13H,8-11,14H2,1-3H3,(H2,22,23,24). The minimum Gasteiger partial charge on any atom is -0.493 e. The third-order valence-electron chi connectivity index (χ3n) is 4.63. The van der Waals surface area contributed by atoms with Crippen molar-refractivity contribution in [3.05, 3.63) is 64.2 Å². The van der Waals surface area contributed by atoms with Crippen molar-refractivity contribution in [2.75, 3.05) is 20.2 Å². The summed E-state index contributed by atoms with van der Waals surface area (Å²) in [6, 6.07) is 13.0. The van der Waals surface area contributed by atoms with E-state index in [0.717, 1.165) is 44.2 Å². The van der Waals surface area contributed by atoms with Crippen molar-refractivity contribution >= 4 is 5.96 Å². The zero-order chi connectivity index (χ0) is 17.6. The van der Waals surface area contributed by atoms with Crippen LogP contribution in [0.2, 0.25) is 0 Å². The second kappa shape index (κ2) is 8.06. The van der Waals surface area contributed by atoms with Crippen LogP contribution in [-0.4, -0.2) is 26.2 Å². The smallest absolute Gasteiger partial charge is 0.191 e. The largest absolute Gasteiger partial charge is 0.493 e. The third kappa shape index (κ3) is 4.53. The minimum absolute atomic E-state index is 0.780. The number of nitrogens with one attached hydrogen (secondary N) is 2. The van der Waals surface area contributed by atoms with Gasteiger partial charge in [-0.15, -0.1) is 0 Å². The van der Waals surface area contributed by atoms with Crippen LogP contribution in [0.3, 0.4) is 0 Å². The summed E-state index contributed by atoms with van der Waals surface area (Å²) in [5, 5.41) is 6.79. The Bertz CT molecular complexity index is 768. The van der Waals surface area contributed by atoms with E-state index in [1.807, 2.05) is 7.05 Å². The highest BCUT2D eigenvalue weighted by Gasteiger charge is 2.11. The molecule has 2 N–H and O–H groups in total. The molecule has 4 nitrogen and oxygen atoms in total. The van der Waals surface area contributed by atoms with Gasteiger partial charge in [-0.2, -0.15) is 0 Å². The summed E-state index contributed by atoms with van der Waals surface area (Å²) in [4.78, 5) is 4.31. The molecule has 25 heavy (non-hydrogen) atoms. The lowest BCUT2D eigenvalue weighted by Crippen LogP contribution is -2.38. The Hall–Kier alpha value is -2.49. The second-order valence-corrected chi connectivity index (χ2v) is 6.57. The Labute approximate surface area is 150 Å². The van der Waals surface area contributed by atoms with E-state index in [9.17, 15) is 0 Å². The first-order valence-corrected chi connectivity index (χ1v) is 8.91. The lowest BCUT2D eigenvalue weighted by molar-refractivity contribution is 0.357. The van der Waals surface area contributed by atoms with E-state index in [2.05, 4.69) is 65.9 Å². The molecule has 1 heterocycles. The highest BCUT2D eigenvalue weighted by atomic mass is 16.5. The molecule has 0 amide bonds. The van der Waals surface area contributed by atoms with Crippen molar-refractivity contribution in [3.8, 4) is 5.75 Å². The quantitative estimate of drug-likeness (QED) is 0.651. The summed E-state index contributed by atoms with van der Waals surface area (Å²) in [5.74, 6) is 1.88. The Morgan fingerprint density at radius 1 is 1.12 bits per heavy atom. The van der Waals surface area contributed by atoms with Gasteiger partial charge in [0.1, 0.15) is 5.75 Å². The predicted octanol–water partition coefficient (Wildman–Crippen LogP) is 3.15. The number of nitrogens with zero attached hydrogens (tertiary/aromatic N) is 1. The maximum Gasteiger partial charge on any atom is 0.191 e. The molecule has 3 rings (SSSR count). The van der Waals surface area contributed by atoms with E-state index in [1.165, 1.54) is 27.8 Å². The molecule has 132 valence electrons. The SMILES string of the molecule is CN=C(NCCc1ccc2c(c1)CCO2)NCc1ccc(C)cc1C. The summed E-state index contributed by atoms with van der Waals surface area (Å²) in [5.41, 5.74) is 6.57. The summed E-state index contributed by atoms with van der Waals surface area (Å²) in [7, 11) is 1.81. The molecule has 0 aliphatic carbocycles. The van der Waals surface area contributed by atoms with Crippen molar-refractivity contribution in [3.63, 3.8) is 0 Å². The van der Waals surface area contributed by atoms with Gasteiger partial charge in [-0.05, 0) is 48.6 Å². The van der Waals surface area contributed by atoms with Gasteiger partial charge in [-0.25, -0.2) is 0 Å². The number of hydrogen-bond acceptors (Lipinski definition) is 2. The zero-order valence-electron chi connectivity index (χ0n) is 15.4. The van der Waals surface area contributed by atoms with Crippen LogP contribution in [0.5, 0.6) is 5.75 Å². The van der Waals surface area contributed by atoms with E-state index in [-0.39, 0.29) is 0 Å². The summed E-state index contributed by atoms with van der Waals surface area (Å²) in [6.07, 6.45) is 1.99. The molecule has 2 aromatic carbocycles. The fraction of sp³-hybridized carbons (Fsp3) is 0.381. The lowest BCUT2D eigenvalue weighted by Gasteiger charge is -2.13. The molecule has 0 aromatic heterocycles. The number of ether oxygens (including phenoxy) is 1. The molecule has 0 unspecified atom stereocenters. The van der Waals surface area contributed by atoms with Crippen LogP contribution in [0, 0.1) is 13.8 Å². The van der Waals surface area contributed by atoms with Gasteiger partial charge in [-0.1, -0.05) is 35.9 Å². The van der Waals surface area contributed by atoms with Gasteiger partial charge in [0.25, 0.3) is 0 Å². The van der Waals surface area contributed by atoms with Gasteiger partial charge in [0, 0.05) is 26.6 Å². The van der Waals surface area contributed by atoms with Crippen molar-refractivity contribution in [2.45, 2.75) is 33.2 Å². The molecule has 0 fully saturated rings. The Morgan fingerprint density at radius 2 is 2.00 bits per heavy atom. The van der Waals surface area contributed by atoms with Gasteiger partial charge in [0.15, 0.2) is 5.96 Å². The van der Waals surface area contributed by atoms with E-state index in [0.29, 0.717) is 0 Å². The Morgan fingerprint density at radius 3 is 2.80 bits per heavy atom. The number of aryl methyl sites for hydroxylation is 2. The fourth-order valence-electron chi connectivity index (χ4n) is 3.16. The number of fused-ring (bicyclic) bond motifs is 1. The maximum absolute atomic E-state index is 5.56. The van der Waals surface area contributed by atoms with Gasteiger partial charge in [-0.3, -0.25) is 4.99 Å². The Kier molecular flexibility index (Phi) is 5.59. The highest BCUT2D eigenvalue weighted by molar-refractivity contribution is 5.79. The number of rotatable bonds is 5. The lowest BCUT2D eigenvalue weighted by atomic mass is 10.1. The molecule has 0 bridgehead atoms. The van der Waals surface area contributed by atoms with Crippen molar-refractivity contribution < 1.29 is 4.74 Å². The molecular weight excluding hydrogens is 310 g/mol. The van der Waals surface area contributed by atoms with E-state index >= 15 is 0 Å². The van der Waals surface area contributed by atoms with Gasteiger partial charge < -0.3 is 15.4 Å². The molecule has 0 saturated carbocycles. The van der Waals surface area contributed by atoms with Crippen molar-refractivity contribution in [1.29, 1.82) is 0 Å². The molecule has 0 spiro atoms. The molecule has 0 radical (unpaired) electrons. The second-order valence-electron chi connectivity index (χ2n) is 6.57. The van der Waals surface area contributed by atoms with Crippen LogP contribution in [-0.2, 0) is 19.4 Å². The molecule has 2 aromatic rings. The van der Waals surface area contributed by atoms with E-state index in [4.69, 9.17) is 4.74 Å². The average Bonchev–Trinajstić information content (AvgIpc) is 3.07. The maximum atomic E-state index is 5.56. The van der Waals surface area contributed by atoms with Crippen LogP contribution >= 0.6 is 0 Å². The third-order valence-corrected chi connectivity index (χ3v) is 4.63. The molecule has 1 aliphatic heterocycles. The van der Waals surface area contributed by atoms with Gasteiger partial charge >= 0.3 is 0 Å². The zero-order valence-corrected chi connectivity index (χ0v) is 15.4. The molecule has 0 atom stereocenters. The monoisotopic (exact) mass is 337 g/mol. The number of benzene rings is 2.